The summed E-state index contributed by atoms with van der Waals surface area (Å²) in [5, 5.41) is 15.0. The first-order chi connectivity index (χ1) is 8.08. The summed E-state index contributed by atoms with van der Waals surface area (Å²) in [5.74, 6) is 1.79. The lowest BCUT2D eigenvalue weighted by Crippen LogP contribution is -2.06. The zero-order valence-corrected chi connectivity index (χ0v) is 10.5. The van der Waals surface area contributed by atoms with Gasteiger partial charge >= 0.3 is 0 Å². The van der Waals surface area contributed by atoms with Crippen LogP contribution in [0.3, 0.4) is 0 Å². The van der Waals surface area contributed by atoms with Crippen molar-refractivity contribution >= 4 is 17.4 Å². The molecule has 0 spiro atoms. The van der Waals surface area contributed by atoms with Crippen molar-refractivity contribution in [2.75, 3.05) is 5.32 Å². The van der Waals surface area contributed by atoms with E-state index in [9.17, 15) is 0 Å². The summed E-state index contributed by atoms with van der Waals surface area (Å²) in [7, 11) is 0. The molecule has 0 amide bonds. The van der Waals surface area contributed by atoms with Crippen molar-refractivity contribution in [1.82, 2.24) is 20.3 Å². The van der Waals surface area contributed by atoms with E-state index in [-0.39, 0.29) is 0 Å². The Labute approximate surface area is 103 Å². The molecule has 17 heavy (non-hydrogen) atoms. The number of nitrogens with one attached hydrogen (secondary N) is 1. The average molecular weight is 254 g/mol. The molecule has 0 bridgehead atoms. The molecule has 0 aliphatic carbocycles. The second kappa shape index (κ2) is 4.67. The zero-order valence-electron chi connectivity index (χ0n) is 9.78. The highest BCUT2D eigenvalue weighted by Crippen LogP contribution is 2.20. The van der Waals surface area contributed by atoms with Crippen LogP contribution in [0.15, 0.2) is 4.52 Å². The van der Waals surface area contributed by atoms with E-state index < -0.39 is 0 Å². The van der Waals surface area contributed by atoms with Crippen molar-refractivity contribution in [3.05, 3.63) is 28.0 Å². The Bertz CT molecular complexity index is 539. The standard InChI is InChI=1S/C10H12ClN5O/c1-5-6(2)10(15-14-9(5)11)12-4-8-13-7(3)16-17-8/h4H2,1-3H3,(H,12,15). The molecule has 2 aromatic rings. The summed E-state index contributed by atoms with van der Waals surface area (Å²) in [5.41, 5.74) is 1.87. The average Bonchev–Trinajstić information content (AvgIpc) is 2.71. The quantitative estimate of drug-likeness (QED) is 0.902. The Morgan fingerprint density at radius 3 is 2.59 bits per heavy atom. The van der Waals surface area contributed by atoms with E-state index in [0.717, 1.165) is 11.1 Å². The van der Waals surface area contributed by atoms with Gasteiger partial charge in [0.1, 0.15) is 0 Å². The van der Waals surface area contributed by atoms with Crippen molar-refractivity contribution in [3.8, 4) is 0 Å². The van der Waals surface area contributed by atoms with E-state index in [1.54, 1.807) is 6.92 Å². The Balaban J connectivity index is 2.12. The Morgan fingerprint density at radius 1 is 1.18 bits per heavy atom. The number of hydrogen-bond donors (Lipinski definition) is 1. The number of aryl methyl sites for hydroxylation is 1. The van der Waals surface area contributed by atoms with Crippen LogP contribution in [-0.2, 0) is 6.54 Å². The third kappa shape index (κ3) is 2.52. The summed E-state index contributed by atoms with van der Waals surface area (Å²) < 4.78 is 4.98. The van der Waals surface area contributed by atoms with Gasteiger partial charge in [-0.05, 0) is 31.9 Å². The van der Waals surface area contributed by atoms with Gasteiger partial charge in [-0.25, -0.2) is 0 Å². The smallest absolute Gasteiger partial charge is 0.245 e. The second-order valence-corrected chi connectivity index (χ2v) is 4.04. The van der Waals surface area contributed by atoms with E-state index in [1.165, 1.54) is 0 Å². The van der Waals surface area contributed by atoms with Gasteiger partial charge in [0.15, 0.2) is 16.8 Å². The van der Waals surface area contributed by atoms with Crippen molar-refractivity contribution in [1.29, 1.82) is 0 Å². The fraction of sp³-hybridized carbons (Fsp3) is 0.400. The molecule has 0 aliphatic heterocycles. The molecular formula is C10H12ClN5O. The van der Waals surface area contributed by atoms with Crippen LogP contribution in [-0.4, -0.2) is 20.3 Å². The lowest BCUT2D eigenvalue weighted by molar-refractivity contribution is 0.379. The van der Waals surface area contributed by atoms with Crippen molar-refractivity contribution < 1.29 is 4.52 Å². The van der Waals surface area contributed by atoms with E-state index in [4.69, 9.17) is 16.1 Å². The number of nitrogens with zero attached hydrogens (tertiary/aromatic N) is 4. The van der Waals surface area contributed by atoms with Gasteiger partial charge in [0.25, 0.3) is 0 Å². The van der Waals surface area contributed by atoms with Gasteiger partial charge in [-0.3, -0.25) is 0 Å². The molecule has 0 radical (unpaired) electrons. The minimum Gasteiger partial charge on any atom is -0.359 e. The maximum Gasteiger partial charge on any atom is 0.245 e. The minimum atomic E-state index is 0.414. The highest BCUT2D eigenvalue weighted by atomic mass is 35.5. The number of anilines is 1. The van der Waals surface area contributed by atoms with Gasteiger partial charge < -0.3 is 9.84 Å². The third-order valence-corrected chi connectivity index (χ3v) is 2.80. The summed E-state index contributed by atoms with van der Waals surface area (Å²) in [4.78, 5) is 4.08. The molecule has 0 aromatic carbocycles. The van der Waals surface area contributed by atoms with Crippen LogP contribution >= 0.6 is 11.6 Å². The van der Waals surface area contributed by atoms with Crippen LogP contribution in [0.5, 0.6) is 0 Å². The van der Waals surface area contributed by atoms with Gasteiger partial charge in [0.2, 0.25) is 5.89 Å². The summed E-state index contributed by atoms with van der Waals surface area (Å²) in [6.45, 7) is 6.01. The molecular weight excluding hydrogens is 242 g/mol. The van der Waals surface area contributed by atoms with Crippen LogP contribution in [0, 0.1) is 20.8 Å². The summed E-state index contributed by atoms with van der Waals surface area (Å²) in [6, 6.07) is 0. The van der Waals surface area contributed by atoms with Crippen LogP contribution in [0.2, 0.25) is 5.15 Å². The topological polar surface area (TPSA) is 76.7 Å². The van der Waals surface area contributed by atoms with Crippen LogP contribution in [0.25, 0.3) is 0 Å². The maximum absolute atomic E-state index is 5.86. The molecule has 0 fully saturated rings. The van der Waals surface area contributed by atoms with Gasteiger partial charge in [0, 0.05) is 0 Å². The van der Waals surface area contributed by atoms with Crippen LogP contribution in [0.4, 0.5) is 5.82 Å². The molecule has 0 atom stereocenters. The Morgan fingerprint density at radius 2 is 1.94 bits per heavy atom. The molecule has 2 aromatic heterocycles. The lowest BCUT2D eigenvalue weighted by Gasteiger charge is -2.08. The highest BCUT2D eigenvalue weighted by molar-refractivity contribution is 6.30. The molecule has 6 nitrogen and oxygen atoms in total. The molecule has 1 N–H and O–H groups in total. The normalized spacial score (nSPS) is 10.6. The van der Waals surface area contributed by atoms with Crippen molar-refractivity contribution in [3.63, 3.8) is 0 Å². The van der Waals surface area contributed by atoms with E-state index in [1.807, 2.05) is 13.8 Å². The van der Waals surface area contributed by atoms with E-state index in [2.05, 4.69) is 25.7 Å². The SMILES string of the molecule is Cc1noc(CNc2nnc(Cl)c(C)c2C)n1. The fourth-order valence-corrected chi connectivity index (χ4v) is 1.49. The fourth-order valence-electron chi connectivity index (χ4n) is 1.32. The molecule has 2 heterocycles. The third-order valence-electron chi connectivity index (χ3n) is 2.44. The second-order valence-electron chi connectivity index (χ2n) is 3.68. The van der Waals surface area contributed by atoms with Gasteiger partial charge in [0.05, 0.1) is 6.54 Å². The van der Waals surface area contributed by atoms with Crippen molar-refractivity contribution in [2.24, 2.45) is 0 Å². The predicted octanol–water partition coefficient (Wildman–Crippen LogP) is 2.05. The number of hydrogen-bond acceptors (Lipinski definition) is 6. The van der Waals surface area contributed by atoms with Gasteiger partial charge in [-0.2, -0.15) is 4.98 Å². The lowest BCUT2D eigenvalue weighted by atomic mass is 10.2. The van der Waals surface area contributed by atoms with Gasteiger partial charge in [-0.1, -0.05) is 16.8 Å². The molecule has 2 rings (SSSR count). The first-order valence-electron chi connectivity index (χ1n) is 5.10. The Hall–Kier alpha value is -1.69. The van der Waals surface area contributed by atoms with E-state index >= 15 is 0 Å². The molecule has 7 heteroatoms. The zero-order chi connectivity index (χ0) is 12.4. The number of rotatable bonds is 3. The molecule has 0 unspecified atom stereocenters. The molecule has 0 saturated heterocycles. The Kier molecular flexibility index (Phi) is 3.23. The van der Waals surface area contributed by atoms with Crippen LogP contribution in [0.1, 0.15) is 22.8 Å². The van der Waals surface area contributed by atoms with Gasteiger partial charge in [-0.15, -0.1) is 10.2 Å². The number of aromatic nitrogens is 4. The van der Waals surface area contributed by atoms with Crippen LogP contribution < -0.4 is 5.32 Å². The predicted molar refractivity (Wildman–Crippen MR) is 62.9 cm³/mol. The summed E-state index contributed by atoms with van der Waals surface area (Å²) >= 11 is 5.86. The molecule has 0 aliphatic rings. The first kappa shape index (κ1) is 11.8. The van der Waals surface area contributed by atoms with Crippen molar-refractivity contribution in [2.45, 2.75) is 27.3 Å². The monoisotopic (exact) mass is 253 g/mol. The molecule has 0 saturated carbocycles. The minimum absolute atomic E-state index is 0.414. The number of halogens is 1. The van der Waals surface area contributed by atoms with E-state index in [0.29, 0.717) is 29.2 Å². The molecule has 90 valence electrons. The summed E-state index contributed by atoms with van der Waals surface area (Å²) in [6.07, 6.45) is 0. The first-order valence-corrected chi connectivity index (χ1v) is 5.48. The largest absolute Gasteiger partial charge is 0.359 e. The highest BCUT2D eigenvalue weighted by Gasteiger charge is 2.09. The maximum atomic E-state index is 5.86.